The molecule has 0 saturated carbocycles. The summed E-state index contributed by atoms with van der Waals surface area (Å²) in [6, 6.07) is 3.60. The van der Waals surface area contributed by atoms with Gasteiger partial charge in [-0.05, 0) is 26.0 Å². The van der Waals surface area contributed by atoms with Gasteiger partial charge < -0.3 is 5.32 Å². The Morgan fingerprint density at radius 1 is 1.55 bits per heavy atom. The fourth-order valence-electron chi connectivity index (χ4n) is 0.805. The molecular weight excluding hydrogens is 143 g/mol. The first kappa shape index (κ1) is 7.98. The zero-order chi connectivity index (χ0) is 8.27. The fourth-order valence-corrected chi connectivity index (χ4v) is 0.805. The van der Waals surface area contributed by atoms with Crippen molar-refractivity contribution >= 4 is 5.69 Å². The van der Waals surface area contributed by atoms with Crippen LogP contribution in [0.15, 0.2) is 18.3 Å². The van der Waals surface area contributed by atoms with Gasteiger partial charge in [0.05, 0.1) is 5.69 Å². The zero-order valence-corrected chi connectivity index (χ0v) is 6.63. The van der Waals surface area contributed by atoms with Crippen molar-refractivity contribution in [3.8, 4) is 0 Å². The Kier molecular flexibility index (Phi) is 2.41. The molecule has 60 valence electrons. The maximum atomic E-state index is 12.8. The van der Waals surface area contributed by atoms with Gasteiger partial charge in [-0.25, -0.2) is 4.98 Å². The van der Waals surface area contributed by atoms with Gasteiger partial charge in [0.2, 0.25) is 5.95 Å². The molecular formula is C8H11FN2. The van der Waals surface area contributed by atoms with Crippen LogP contribution in [0, 0.1) is 5.95 Å². The predicted octanol–water partition coefficient (Wildman–Crippen LogP) is 2.04. The molecule has 0 atom stereocenters. The number of pyridine rings is 1. The lowest BCUT2D eigenvalue weighted by atomic mass is 10.3. The van der Waals surface area contributed by atoms with Crippen molar-refractivity contribution in [2.75, 3.05) is 5.32 Å². The molecule has 0 aliphatic carbocycles. The lowest BCUT2D eigenvalue weighted by molar-refractivity contribution is 0.585. The smallest absolute Gasteiger partial charge is 0.236 e. The Hall–Kier alpha value is -1.12. The first-order valence-corrected chi connectivity index (χ1v) is 3.57. The Labute approximate surface area is 65.5 Å². The van der Waals surface area contributed by atoms with Crippen LogP contribution in [-0.4, -0.2) is 11.0 Å². The molecule has 0 bridgehead atoms. The molecule has 0 aromatic carbocycles. The molecule has 3 heteroatoms. The molecule has 0 radical (unpaired) electrons. The third-order valence-corrected chi connectivity index (χ3v) is 1.20. The Bertz CT molecular complexity index is 235. The summed E-state index contributed by atoms with van der Waals surface area (Å²) in [6.45, 7) is 3.90. The molecule has 1 rings (SSSR count). The zero-order valence-electron chi connectivity index (χ0n) is 6.63. The van der Waals surface area contributed by atoms with Crippen molar-refractivity contribution in [2.45, 2.75) is 19.9 Å². The van der Waals surface area contributed by atoms with E-state index in [1.54, 1.807) is 12.1 Å². The van der Waals surface area contributed by atoms with Crippen molar-refractivity contribution in [2.24, 2.45) is 0 Å². The highest BCUT2D eigenvalue weighted by Gasteiger charge is 2.01. The molecule has 11 heavy (non-hydrogen) atoms. The first-order chi connectivity index (χ1) is 5.20. The van der Waals surface area contributed by atoms with Crippen LogP contribution < -0.4 is 5.32 Å². The van der Waals surface area contributed by atoms with Crippen molar-refractivity contribution in [3.05, 3.63) is 24.3 Å². The van der Waals surface area contributed by atoms with Crippen molar-refractivity contribution in [3.63, 3.8) is 0 Å². The van der Waals surface area contributed by atoms with Crippen molar-refractivity contribution in [1.82, 2.24) is 4.98 Å². The molecule has 2 nitrogen and oxygen atoms in total. The second-order valence-corrected chi connectivity index (χ2v) is 2.64. The summed E-state index contributed by atoms with van der Waals surface area (Å²) >= 11 is 0. The van der Waals surface area contributed by atoms with Gasteiger partial charge >= 0.3 is 0 Å². The summed E-state index contributed by atoms with van der Waals surface area (Å²) in [5.41, 5.74) is 0.461. The topological polar surface area (TPSA) is 24.9 Å². The second-order valence-electron chi connectivity index (χ2n) is 2.64. The number of anilines is 1. The molecule has 0 saturated heterocycles. The Morgan fingerprint density at radius 2 is 2.27 bits per heavy atom. The predicted molar refractivity (Wildman–Crippen MR) is 43.0 cm³/mol. The minimum atomic E-state index is -0.443. The third kappa shape index (κ3) is 2.18. The van der Waals surface area contributed by atoms with Crippen LogP contribution in [0.2, 0.25) is 0 Å². The molecule has 0 spiro atoms. The molecule has 0 aliphatic heterocycles. The van der Waals surface area contributed by atoms with E-state index in [2.05, 4.69) is 10.3 Å². The maximum Gasteiger partial charge on any atom is 0.236 e. The van der Waals surface area contributed by atoms with E-state index in [1.165, 1.54) is 6.20 Å². The summed E-state index contributed by atoms with van der Waals surface area (Å²) in [7, 11) is 0. The number of halogens is 1. The fraction of sp³-hybridized carbons (Fsp3) is 0.375. The van der Waals surface area contributed by atoms with E-state index in [1.807, 2.05) is 13.8 Å². The van der Waals surface area contributed by atoms with Crippen LogP contribution in [0.3, 0.4) is 0 Å². The third-order valence-electron chi connectivity index (χ3n) is 1.20. The van der Waals surface area contributed by atoms with Crippen LogP contribution in [-0.2, 0) is 0 Å². The molecule has 0 aliphatic rings. The van der Waals surface area contributed by atoms with Gasteiger partial charge in [0, 0.05) is 12.2 Å². The van der Waals surface area contributed by atoms with Crippen LogP contribution in [0.1, 0.15) is 13.8 Å². The maximum absolute atomic E-state index is 12.8. The minimum absolute atomic E-state index is 0.230. The normalized spacial score (nSPS) is 10.2. The number of rotatable bonds is 2. The summed E-state index contributed by atoms with van der Waals surface area (Å²) in [5, 5.41) is 2.94. The van der Waals surface area contributed by atoms with Crippen LogP contribution in [0.25, 0.3) is 0 Å². The summed E-state index contributed by atoms with van der Waals surface area (Å²) < 4.78 is 12.8. The van der Waals surface area contributed by atoms with Crippen LogP contribution in [0.5, 0.6) is 0 Å². The van der Waals surface area contributed by atoms with Crippen LogP contribution in [0.4, 0.5) is 10.1 Å². The van der Waals surface area contributed by atoms with Gasteiger partial charge in [-0.15, -0.1) is 0 Å². The summed E-state index contributed by atoms with van der Waals surface area (Å²) in [4.78, 5) is 3.50. The van der Waals surface area contributed by atoms with Gasteiger partial charge in [0.1, 0.15) is 0 Å². The van der Waals surface area contributed by atoms with Gasteiger partial charge in [0.15, 0.2) is 0 Å². The Morgan fingerprint density at radius 3 is 2.82 bits per heavy atom. The molecule has 1 N–H and O–H groups in total. The largest absolute Gasteiger partial charge is 0.379 e. The van der Waals surface area contributed by atoms with E-state index in [4.69, 9.17) is 0 Å². The summed E-state index contributed by atoms with van der Waals surface area (Å²) in [6.07, 6.45) is 1.43. The minimum Gasteiger partial charge on any atom is -0.379 e. The van der Waals surface area contributed by atoms with E-state index < -0.39 is 5.95 Å². The van der Waals surface area contributed by atoms with Crippen LogP contribution >= 0.6 is 0 Å². The highest BCUT2D eigenvalue weighted by Crippen LogP contribution is 2.10. The molecule has 0 amide bonds. The molecule has 0 unspecified atom stereocenters. The van der Waals surface area contributed by atoms with E-state index in [9.17, 15) is 4.39 Å². The van der Waals surface area contributed by atoms with E-state index in [-0.39, 0.29) is 6.04 Å². The molecule has 1 aromatic rings. The van der Waals surface area contributed by atoms with Gasteiger partial charge in [-0.3, -0.25) is 0 Å². The average Bonchev–Trinajstić information content (AvgIpc) is 1.93. The van der Waals surface area contributed by atoms with E-state index in [0.29, 0.717) is 5.69 Å². The average molecular weight is 154 g/mol. The number of nitrogens with one attached hydrogen (secondary N) is 1. The SMILES string of the molecule is CC(C)Nc1cccnc1F. The quantitative estimate of drug-likeness (QED) is 0.659. The number of hydrogen-bond acceptors (Lipinski definition) is 2. The highest BCUT2D eigenvalue weighted by atomic mass is 19.1. The molecule has 0 fully saturated rings. The monoisotopic (exact) mass is 154 g/mol. The Balaban J connectivity index is 2.78. The second kappa shape index (κ2) is 3.32. The number of aromatic nitrogens is 1. The van der Waals surface area contributed by atoms with Gasteiger partial charge in [0.25, 0.3) is 0 Å². The van der Waals surface area contributed by atoms with E-state index >= 15 is 0 Å². The van der Waals surface area contributed by atoms with Gasteiger partial charge in [-0.2, -0.15) is 4.39 Å². The van der Waals surface area contributed by atoms with Gasteiger partial charge in [-0.1, -0.05) is 0 Å². The first-order valence-electron chi connectivity index (χ1n) is 3.57. The van der Waals surface area contributed by atoms with Crippen molar-refractivity contribution in [1.29, 1.82) is 0 Å². The van der Waals surface area contributed by atoms with Crippen molar-refractivity contribution < 1.29 is 4.39 Å². The lowest BCUT2D eigenvalue weighted by Crippen LogP contribution is -2.11. The summed E-state index contributed by atoms with van der Waals surface area (Å²) in [5.74, 6) is -0.443. The molecule has 1 heterocycles. The standard InChI is InChI=1S/C8H11FN2/c1-6(2)11-7-4-3-5-10-8(7)9/h3-6,11H,1-2H3. The van der Waals surface area contributed by atoms with E-state index in [0.717, 1.165) is 0 Å². The highest BCUT2D eigenvalue weighted by molar-refractivity contribution is 5.41. The number of hydrogen-bond donors (Lipinski definition) is 1. The lowest BCUT2D eigenvalue weighted by Gasteiger charge is -2.08. The number of nitrogens with zero attached hydrogens (tertiary/aromatic N) is 1. The molecule has 1 aromatic heterocycles.